The van der Waals surface area contributed by atoms with Gasteiger partial charge in [0.05, 0.1) is 13.2 Å². The van der Waals surface area contributed by atoms with Crippen LogP contribution in [0.15, 0.2) is 29.3 Å². The van der Waals surface area contributed by atoms with E-state index >= 15 is 0 Å². The summed E-state index contributed by atoms with van der Waals surface area (Å²) in [6.45, 7) is 7.25. The van der Waals surface area contributed by atoms with Gasteiger partial charge in [-0.15, -0.1) is 24.0 Å². The van der Waals surface area contributed by atoms with E-state index in [-0.39, 0.29) is 24.0 Å². The minimum Gasteiger partial charge on any atom is -0.385 e. The molecule has 0 amide bonds. The summed E-state index contributed by atoms with van der Waals surface area (Å²) in [7, 11) is 3.65. The SMILES string of the molecule is CN=C(NCc1ccccc1CN1CCOCC1)NCC1(CCOC)CCCC1.I. The Morgan fingerprint density at radius 3 is 2.50 bits per heavy atom. The zero-order chi connectivity index (χ0) is 20.4. The predicted octanol–water partition coefficient (Wildman–Crippen LogP) is 3.40. The van der Waals surface area contributed by atoms with Gasteiger partial charge in [-0.05, 0) is 35.8 Å². The van der Waals surface area contributed by atoms with Crippen molar-refractivity contribution in [1.82, 2.24) is 15.5 Å². The lowest BCUT2D eigenvalue weighted by Gasteiger charge is -2.30. The summed E-state index contributed by atoms with van der Waals surface area (Å²) in [5.41, 5.74) is 3.06. The number of guanidine groups is 1. The van der Waals surface area contributed by atoms with Crippen LogP contribution in [-0.2, 0) is 22.6 Å². The topological polar surface area (TPSA) is 58.1 Å². The Labute approximate surface area is 199 Å². The lowest BCUT2D eigenvalue weighted by atomic mass is 9.83. The first-order valence-electron chi connectivity index (χ1n) is 11.0. The molecule has 0 spiro atoms. The molecule has 1 aromatic carbocycles. The number of hydrogen-bond donors (Lipinski definition) is 2. The van der Waals surface area contributed by atoms with Crippen molar-refractivity contribution in [1.29, 1.82) is 0 Å². The van der Waals surface area contributed by atoms with Crippen molar-refractivity contribution in [2.75, 3.05) is 53.6 Å². The van der Waals surface area contributed by atoms with Crippen LogP contribution in [-0.4, -0.2) is 64.5 Å². The zero-order valence-corrected chi connectivity index (χ0v) is 21.0. The average Bonchev–Trinajstić information content (AvgIpc) is 3.23. The van der Waals surface area contributed by atoms with E-state index in [1.54, 1.807) is 7.11 Å². The van der Waals surface area contributed by atoms with Gasteiger partial charge in [-0.2, -0.15) is 0 Å². The summed E-state index contributed by atoms with van der Waals surface area (Å²) < 4.78 is 10.8. The molecule has 2 fully saturated rings. The third-order valence-corrected chi connectivity index (χ3v) is 6.42. The van der Waals surface area contributed by atoms with Gasteiger partial charge in [0.25, 0.3) is 0 Å². The molecule has 1 saturated heterocycles. The normalized spacial score (nSPS) is 19.3. The summed E-state index contributed by atoms with van der Waals surface area (Å²) >= 11 is 0. The van der Waals surface area contributed by atoms with Crippen LogP contribution in [0.5, 0.6) is 0 Å². The van der Waals surface area contributed by atoms with Gasteiger partial charge in [-0.1, -0.05) is 37.1 Å². The molecule has 0 aromatic heterocycles. The van der Waals surface area contributed by atoms with Crippen LogP contribution in [0.4, 0.5) is 0 Å². The van der Waals surface area contributed by atoms with Gasteiger partial charge in [0, 0.05) is 53.5 Å². The maximum Gasteiger partial charge on any atom is 0.191 e. The molecule has 1 aromatic rings. The molecule has 1 saturated carbocycles. The molecule has 2 aliphatic rings. The molecular formula is C23H39IN4O2. The first-order valence-corrected chi connectivity index (χ1v) is 11.0. The third-order valence-electron chi connectivity index (χ3n) is 6.42. The first-order chi connectivity index (χ1) is 14.2. The third kappa shape index (κ3) is 7.66. The summed E-state index contributed by atoms with van der Waals surface area (Å²) in [6.07, 6.45) is 6.33. The molecule has 1 aliphatic heterocycles. The monoisotopic (exact) mass is 530 g/mol. The van der Waals surface area contributed by atoms with E-state index in [0.717, 1.165) is 64.9 Å². The molecule has 30 heavy (non-hydrogen) atoms. The smallest absolute Gasteiger partial charge is 0.191 e. The highest BCUT2D eigenvalue weighted by molar-refractivity contribution is 14.0. The van der Waals surface area contributed by atoms with E-state index in [2.05, 4.69) is 44.8 Å². The minimum absolute atomic E-state index is 0. The van der Waals surface area contributed by atoms with Crippen LogP contribution >= 0.6 is 24.0 Å². The molecule has 1 aliphatic carbocycles. The lowest BCUT2D eigenvalue weighted by Crippen LogP contribution is -2.43. The standard InChI is InChI=1S/C23H38N4O2.HI/c1-24-22(26-19-23(11-14-28-2)9-5-6-10-23)25-17-20-7-3-4-8-21(20)18-27-12-15-29-16-13-27;/h3-4,7-8H,5-6,9-19H2,1-2H3,(H2,24,25,26);1H. The summed E-state index contributed by atoms with van der Waals surface area (Å²) in [6, 6.07) is 8.70. The van der Waals surface area contributed by atoms with E-state index in [1.165, 1.54) is 36.8 Å². The molecule has 6 nitrogen and oxygen atoms in total. The second kappa shape index (κ2) is 13.5. The first kappa shape index (κ1) is 25.4. The Morgan fingerprint density at radius 2 is 1.83 bits per heavy atom. The summed E-state index contributed by atoms with van der Waals surface area (Å²) in [5, 5.41) is 7.11. The van der Waals surface area contributed by atoms with Crippen LogP contribution in [0.3, 0.4) is 0 Å². The van der Waals surface area contributed by atoms with Crippen LogP contribution in [0, 0.1) is 5.41 Å². The molecule has 0 bridgehead atoms. The zero-order valence-electron chi connectivity index (χ0n) is 18.6. The Bertz CT molecular complexity index is 644. The van der Waals surface area contributed by atoms with Crippen LogP contribution in [0.1, 0.15) is 43.2 Å². The molecule has 7 heteroatoms. The summed E-state index contributed by atoms with van der Waals surface area (Å²) in [4.78, 5) is 6.92. The van der Waals surface area contributed by atoms with E-state index in [0.29, 0.717) is 5.41 Å². The molecule has 2 N–H and O–H groups in total. The maximum absolute atomic E-state index is 5.48. The fourth-order valence-corrected chi connectivity index (χ4v) is 4.51. The van der Waals surface area contributed by atoms with Crippen molar-refractivity contribution in [3.05, 3.63) is 35.4 Å². The van der Waals surface area contributed by atoms with E-state index in [4.69, 9.17) is 9.47 Å². The molecular weight excluding hydrogens is 491 g/mol. The Morgan fingerprint density at radius 1 is 1.13 bits per heavy atom. The van der Waals surface area contributed by atoms with E-state index < -0.39 is 0 Å². The molecule has 3 rings (SSSR count). The van der Waals surface area contributed by atoms with Crippen molar-refractivity contribution in [3.63, 3.8) is 0 Å². The van der Waals surface area contributed by atoms with Gasteiger partial charge < -0.3 is 20.1 Å². The average molecular weight is 530 g/mol. The number of nitrogens with zero attached hydrogens (tertiary/aromatic N) is 2. The van der Waals surface area contributed by atoms with Gasteiger partial charge >= 0.3 is 0 Å². The van der Waals surface area contributed by atoms with Crippen molar-refractivity contribution < 1.29 is 9.47 Å². The van der Waals surface area contributed by atoms with Gasteiger partial charge in [0.2, 0.25) is 0 Å². The number of benzene rings is 1. The lowest BCUT2D eigenvalue weighted by molar-refractivity contribution is 0.0341. The number of methoxy groups -OCH3 is 1. The number of rotatable bonds is 9. The fourth-order valence-electron chi connectivity index (χ4n) is 4.51. The van der Waals surface area contributed by atoms with Crippen molar-refractivity contribution >= 4 is 29.9 Å². The highest BCUT2D eigenvalue weighted by Gasteiger charge is 2.33. The Hall–Kier alpha value is -0.900. The Kier molecular flexibility index (Phi) is 11.4. The fraction of sp³-hybridized carbons (Fsp3) is 0.696. The highest BCUT2D eigenvalue weighted by atomic mass is 127. The van der Waals surface area contributed by atoms with Crippen molar-refractivity contribution in [2.24, 2.45) is 10.4 Å². The van der Waals surface area contributed by atoms with E-state index in [1.807, 2.05) is 7.05 Å². The van der Waals surface area contributed by atoms with Crippen LogP contribution in [0.2, 0.25) is 0 Å². The molecule has 170 valence electrons. The van der Waals surface area contributed by atoms with E-state index in [9.17, 15) is 0 Å². The number of aliphatic imine (C=N–C) groups is 1. The molecule has 0 unspecified atom stereocenters. The Balaban J connectivity index is 0.00000320. The molecule has 1 heterocycles. The highest BCUT2D eigenvalue weighted by Crippen LogP contribution is 2.40. The van der Waals surface area contributed by atoms with Gasteiger partial charge in [-0.25, -0.2) is 0 Å². The van der Waals surface area contributed by atoms with Crippen molar-refractivity contribution in [3.8, 4) is 0 Å². The maximum atomic E-state index is 5.48. The van der Waals surface area contributed by atoms with Crippen LogP contribution in [0.25, 0.3) is 0 Å². The predicted molar refractivity (Wildman–Crippen MR) is 134 cm³/mol. The van der Waals surface area contributed by atoms with Crippen LogP contribution < -0.4 is 10.6 Å². The number of hydrogen-bond acceptors (Lipinski definition) is 4. The number of morpholine rings is 1. The van der Waals surface area contributed by atoms with Gasteiger partial charge in [0.15, 0.2) is 5.96 Å². The largest absolute Gasteiger partial charge is 0.385 e. The van der Waals surface area contributed by atoms with Gasteiger partial charge in [0.1, 0.15) is 0 Å². The number of halogens is 1. The van der Waals surface area contributed by atoms with Gasteiger partial charge in [-0.3, -0.25) is 9.89 Å². The summed E-state index contributed by atoms with van der Waals surface area (Å²) in [5.74, 6) is 0.884. The second-order valence-electron chi connectivity index (χ2n) is 8.39. The quantitative estimate of drug-likeness (QED) is 0.291. The molecule has 0 atom stereocenters. The van der Waals surface area contributed by atoms with Crippen molar-refractivity contribution in [2.45, 2.75) is 45.2 Å². The number of ether oxygens (including phenoxy) is 2. The molecule has 0 radical (unpaired) electrons. The second-order valence-corrected chi connectivity index (χ2v) is 8.39. The number of nitrogens with one attached hydrogen (secondary N) is 2. The minimum atomic E-state index is 0.